The molecule has 3 aromatic rings. The van der Waals surface area contributed by atoms with Crippen LogP contribution in [0.15, 0.2) is 35.7 Å². The molecular formula is C17H18N6OS. The molecular weight excluding hydrogens is 336 g/mol. The second-order valence-electron chi connectivity index (χ2n) is 6.04. The van der Waals surface area contributed by atoms with Gasteiger partial charge in [0, 0.05) is 17.5 Å². The van der Waals surface area contributed by atoms with Crippen molar-refractivity contribution < 1.29 is 4.79 Å². The minimum Gasteiger partial charge on any atom is -0.350 e. The van der Waals surface area contributed by atoms with Gasteiger partial charge in [-0.15, -0.1) is 16.4 Å². The highest BCUT2D eigenvalue weighted by Crippen LogP contribution is 2.25. The highest BCUT2D eigenvalue weighted by Gasteiger charge is 2.28. The standard InChI is InChI=1S/C17H18N6OS/c24-16(14-8-4-5-9-23-15(14)20-21-22-23)18-10-13-11-25-17(19-13)12-6-2-1-3-7-12/h1-3,6-7,11,14H,4-5,8-10H2,(H,18,24). The smallest absolute Gasteiger partial charge is 0.231 e. The van der Waals surface area contributed by atoms with Gasteiger partial charge in [-0.2, -0.15) is 0 Å². The number of thiazole rings is 1. The summed E-state index contributed by atoms with van der Waals surface area (Å²) in [6, 6.07) is 10.0. The Hall–Kier alpha value is -2.61. The first-order valence-electron chi connectivity index (χ1n) is 8.35. The van der Waals surface area contributed by atoms with Crippen molar-refractivity contribution in [3.05, 3.63) is 47.2 Å². The van der Waals surface area contributed by atoms with E-state index in [1.807, 2.05) is 35.7 Å². The molecule has 4 rings (SSSR count). The predicted octanol–water partition coefficient (Wildman–Crippen LogP) is 2.38. The highest BCUT2D eigenvalue weighted by atomic mass is 32.1. The minimum atomic E-state index is -0.287. The maximum absolute atomic E-state index is 12.6. The third-order valence-corrected chi connectivity index (χ3v) is 5.26. The van der Waals surface area contributed by atoms with E-state index in [2.05, 4.69) is 25.8 Å². The van der Waals surface area contributed by atoms with Crippen molar-refractivity contribution >= 4 is 17.2 Å². The number of hydrogen-bond donors (Lipinski definition) is 1. The third kappa shape index (κ3) is 3.43. The number of hydrogen-bond acceptors (Lipinski definition) is 6. The molecule has 1 N–H and O–H groups in total. The number of carbonyl (C=O) groups excluding carboxylic acids is 1. The number of carbonyl (C=O) groups is 1. The number of aryl methyl sites for hydroxylation is 1. The Morgan fingerprint density at radius 1 is 1.28 bits per heavy atom. The molecule has 7 nitrogen and oxygen atoms in total. The Morgan fingerprint density at radius 3 is 3.04 bits per heavy atom. The van der Waals surface area contributed by atoms with E-state index in [0.717, 1.165) is 42.1 Å². The summed E-state index contributed by atoms with van der Waals surface area (Å²) in [5, 5.41) is 17.7. The summed E-state index contributed by atoms with van der Waals surface area (Å²) in [7, 11) is 0. The molecule has 0 fully saturated rings. The van der Waals surface area contributed by atoms with E-state index in [9.17, 15) is 4.79 Å². The Balaban J connectivity index is 1.42. The van der Waals surface area contributed by atoms with Crippen molar-refractivity contribution in [1.29, 1.82) is 0 Å². The summed E-state index contributed by atoms with van der Waals surface area (Å²) >= 11 is 1.58. The zero-order valence-electron chi connectivity index (χ0n) is 13.6. The second kappa shape index (κ2) is 7.10. The largest absolute Gasteiger partial charge is 0.350 e. The van der Waals surface area contributed by atoms with Gasteiger partial charge in [0.15, 0.2) is 5.82 Å². The van der Waals surface area contributed by atoms with E-state index < -0.39 is 0 Å². The Labute approximate surface area is 149 Å². The van der Waals surface area contributed by atoms with Crippen LogP contribution in [0.5, 0.6) is 0 Å². The molecule has 2 aromatic heterocycles. The van der Waals surface area contributed by atoms with Gasteiger partial charge in [-0.05, 0) is 23.3 Å². The van der Waals surface area contributed by atoms with Crippen molar-refractivity contribution in [2.75, 3.05) is 0 Å². The van der Waals surface area contributed by atoms with Crippen LogP contribution in [0.3, 0.4) is 0 Å². The Morgan fingerprint density at radius 2 is 2.16 bits per heavy atom. The van der Waals surface area contributed by atoms with Gasteiger partial charge >= 0.3 is 0 Å². The molecule has 0 radical (unpaired) electrons. The first kappa shape index (κ1) is 15.9. The van der Waals surface area contributed by atoms with Crippen LogP contribution in [-0.2, 0) is 17.9 Å². The molecule has 0 aliphatic carbocycles. The van der Waals surface area contributed by atoms with Crippen molar-refractivity contribution in [1.82, 2.24) is 30.5 Å². The first-order valence-corrected chi connectivity index (χ1v) is 9.23. The molecule has 128 valence electrons. The molecule has 1 atom stereocenters. The van der Waals surface area contributed by atoms with Gasteiger partial charge in [0.1, 0.15) is 5.01 Å². The summed E-state index contributed by atoms with van der Waals surface area (Å²) in [6.07, 6.45) is 2.75. The molecule has 0 spiro atoms. The maximum atomic E-state index is 12.6. The lowest BCUT2D eigenvalue weighted by Crippen LogP contribution is -2.30. The van der Waals surface area contributed by atoms with E-state index in [1.165, 1.54) is 0 Å². The van der Waals surface area contributed by atoms with E-state index in [1.54, 1.807) is 16.0 Å². The van der Waals surface area contributed by atoms with E-state index in [4.69, 9.17) is 0 Å². The number of rotatable bonds is 4. The lowest BCUT2D eigenvalue weighted by molar-refractivity contribution is -0.123. The van der Waals surface area contributed by atoms with Gasteiger partial charge in [-0.25, -0.2) is 9.67 Å². The monoisotopic (exact) mass is 354 g/mol. The van der Waals surface area contributed by atoms with Gasteiger partial charge < -0.3 is 5.32 Å². The van der Waals surface area contributed by atoms with Crippen LogP contribution in [-0.4, -0.2) is 31.1 Å². The predicted molar refractivity (Wildman–Crippen MR) is 93.8 cm³/mol. The summed E-state index contributed by atoms with van der Waals surface area (Å²) < 4.78 is 1.74. The average molecular weight is 354 g/mol. The lowest BCUT2D eigenvalue weighted by atomic mass is 10.0. The summed E-state index contributed by atoms with van der Waals surface area (Å²) in [6.45, 7) is 1.19. The summed E-state index contributed by atoms with van der Waals surface area (Å²) in [5.74, 6) is 0.343. The van der Waals surface area contributed by atoms with Crippen molar-refractivity contribution in [3.8, 4) is 10.6 Å². The van der Waals surface area contributed by atoms with E-state index >= 15 is 0 Å². The number of fused-ring (bicyclic) bond motifs is 1. The molecule has 0 saturated carbocycles. The molecule has 1 aliphatic rings. The van der Waals surface area contributed by atoms with Gasteiger partial charge in [-0.3, -0.25) is 4.79 Å². The number of nitrogens with zero attached hydrogens (tertiary/aromatic N) is 5. The van der Waals surface area contributed by atoms with Crippen LogP contribution < -0.4 is 5.32 Å². The SMILES string of the molecule is O=C(NCc1csc(-c2ccccc2)n1)C1CCCCn2nnnc21. The van der Waals surface area contributed by atoms with E-state index in [0.29, 0.717) is 12.4 Å². The molecule has 1 unspecified atom stereocenters. The number of benzene rings is 1. The topological polar surface area (TPSA) is 85.6 Å². The maximum Gasteiger partial charge on any atom is 0.231 e. The van der Waals surface area contributed by atoms with Crippen LogP contribution in [0.4, 0.5) is 0 Å². The van der Waals surface area contributed by atoms with Gasteiger partial charge in [-0.1, -0.05) is 36.8 Å². The molecule has 1 aromatic carbocycles. The fourth-order valence-corrected chi connectivity index (χ4v) is 3.84. The van der Waals surface area contributed by atoms with E-state index in [-0.39, 0.29) is 11.8 Å². The minimum absolute atomic E-state index is 0.0350. The van der Waals surface area contributed by atoms with Crippen LogP contribution in [0.2, 0.25) is 0 Å². The van der Waals surface area contributed by atoms with Crippen LogP contribution >= 0.6 is 11.3 Å². The number of nitrogens with one attached hydrogen (secondary N) is 1. The Kier molecular flexibility index (Phi) is 4.51. The molecule has 1 aliphatic heterocycles. The summed E-state index contributed by atoms with van der Waals surface area (Å²) in [5.41, 5.74) is 1.96. The van der Waals surface area contributed by atoms with Gasteiger partial charge in [0.2, 0.25) is 5.91 Å². The van der Waals surface area contributed by atoms with Crippen LogP contribution in [0.1, 0.15) is 36.7 Å². The lowest BCUT2D eigenvalue weighted by Gasteiger charge is -2.12. The van der Waals surface area contributed by atoms with Crippen molar-refractivity contribution in [3.63, 3.8) is 0 Å². The highest BCUT2D eigenvalue weighted by molar-refractivity contribution is 7.13. The van der Waals surface area contributed by atoms with Crippen LogP contribution in [0, 0.1) is 0 Å². The molecule has 0 saturated heterocycles. The zero-order valence-corrected chi connectivity index (χ0v) is 14.4. The molecule has 1 amide bonds. The fraction of sp³-hybridized carbons (Fsp3) is 0.353. The third-order valence-electron chi connectivity index (χ3n) is 4.32. The molecule has 8 heteroatoms. The van der Waals surface area contributed by atoms with Gasteiger partial charge in [0.25, 0.3) is 0 Å². The number of tetrazole rings is 1. The number of aromatic nitrogens is 5. The van der Waals surface area contributed by atoms with Crippen LogP contribution in [0.25, 0.3) is 10.6 Å². The normalized spacial score (nSPS) is 16.9. The first-order chi connectivity index (χ1) is 12.3. The fourth-order valence-electron chi connectivity index (χ4n) is 3.01. The number of amides is 1. The zero-order chi connectivity index (χ0) is 17.1. The van der Waals surface area contributed by atoms with Gasteiger partial charge in [0.05, 0.1) is 18.2 Å². The quantitative estimate of drug-likeness (QED) is 0.777. The molecule has 0 bridgehead atoms. The molecule has 3 heterocycles. The Bertz CT molecular complexity index is 859. The summed E-state index contributed by atoms with van der Waals surface area (Å²) in [4.78, 5) is 17.2. The van der Waals surface area contributed by atoms with Crippen molar-refractivity contribution in [2.24, 2.45) is 0 Å². The molecule has 25 heavy (non-hydrogen) atoms. The average Bonchev–Trinajstić information content (AvgIpc) is 3.26. The van der Waals surface area contributed by atoms with Crippen molar-refractivity contribution in [2.45, 2.75) is 38.3 Å². The second-order valence-corrected chi connectivity index (χ2v) is 6.89.